The number of aromatic nitrogens is 1. The molecule has 0 aliphatic carbocycles. The summed E-state index contributed by atoms with van der Waals surface area (Å²) >= 11 is 2.89. The Morgan fingerprint density at radius 2 is 2.13 bits per heavy atom. The maximum Gasteiger partial charge on any atom is 0.286 e. The third-order valence-electron chi connectivity index (χ3n) is 1.71. The van der Waals surface area contributed by atoms with Gasteiger partial charge in [-0.25, -0.2) is 0 Å². The van der Waals surface area contributed by atoms with Gasteiger partial charge in [0.05, 0.1) is 4.48 Å². The molecule has 0 fully saturated rings. The van der Waals surface area contributed by atoms with Gasteiger partial charge < -0.3 is 4.57 Å². The average molecular weight is 272 g/mol. The lowest BCUT2D eigenvalue weighted by molar-refractivity contribution is -0.117. The molecule has 0 bridgehead atoms. The van der Waals surface area contributed by atoms with Crippen LogP contribution in [-0.2, 0) is 11.8 Å². The number of hydrazine groups is 1. The molecular weight excluding hydrogens is 262 g/mol. The molecule has 80 valence electrons. The third-order valence-corrected chi connectivity index (χ3v) is 2.07. The number of carbonyl (C=O) groups excluding carboxylic acids is 2. The first-order valence-corrected chi connectivity index (χ1v) is 4.88. The maximum absolute atomic E-state index is 11.5. The van der Waals surface area contributed by atoms with Crippen molar-refractivity contribution in [1.82, 2.24) is 15.4 Å². The largest absolute Gasteiger partial charge is 0.347 e. The fraction of sp³-hybridized carbons (Fsp3) is 0.111. The Hall–Kier alpha value is -1.56. The van der Waals surface area contributed by atoms with Gasteiger partial charge in [-0.1, -0.05) is 6.58 Å². The molecule has 0 aromatic carbocycles. The topological polar surface area (TPSA) is 63.1 Å². The highest BCUT2D eigenvalue weighted by molar-refractivity contribution is 9.12. The van der Waals surface area contributed by atoms with E-state index in [0.29, 0.717) is 5.69 Å². The predicted molar refractivity (Wildman–Crippen MR) is 59.1 cm³/mol. The van der Waals surface area contributed by atoms with Crippen molar-refractivity contribution in [2.45, 2.75) is 0 Å². The van der Waals surface area contributed by atoms with Crippen molar-refractivity contribution in [3.8, 4) is 0 Å². The molecule has 1 rings (SSSR count). The Labute approximate surface area is 95.2 Å². The van der Waals surface area contributed by atoms with Crippen LogP contribution in [0.1, 0.15) is 10.5 Å². The monoisotopic (exact) mass is 271 g/mol. The highest BCUT2D eigenvalue weighted by Crippen LogP contribution is 2.00. The van der Waals surface area contributed by atoms with Crippen molar-refractivity contribution in [2.75, 3.05) is 0 Å². The summed E-state index contributed by atoms with van der Waals surface area (Å²) in [5.74, 6) is -0.873. The predicted octanol–water partition coefficient (Wildman–Crippen LogP) is 0.695. The van der Waals surface area contributed by atoms with Crippen LogP contribution in [0.15, 0.2) is 29.4 Å². The summed E-state index contributed by atoms with van der Waals surface area (Å²) in [6, 6.07) is 3.38. The third kappa shape index (κ3) is 2.95. The van der Waals surface area contributed by atoms with Gasteiger partial charge in [-0.05, 0) is 28.1 Å². The number of hydrogen-bond donors (Lipinski definition) is 2. The molecule has 6 heteroatoms. The number of amides is 2. The van der Waals surface area contributed by atoms with Crippen LogP contribution in [0, 0.1) is 0 Å². The molecule has 1 heterocycles. The second-order valence-electron chi connectivity index (χ2n) is 2.82. The van der Waals surface area contributed by atoms with Gasteiger partial charge in [0.25, 0.3) is 11.8 Å². The Balaban J connectivity index is 2.55. The molecule has 2 N–H and O–H groups in total. The minimum Gasteiger partial charge on any atom is -0.347 e. The molecule has 0 aliphatic rings. The zero-order valence-corrected chi connectivity index (χ0v) is 9.67. The molecule has 0 spiro atoms. The average Bonchev–Trinajstić information content (AvgIpc) is 2.60. The van der Waals surface area contributed by atoms with Crippen molar-refractivity contribution in [2.24, 2.45) is 7.05 Å². The number of carbonyl (C=O) groups is 2. The van der Waals surface area contributed by atoms with E-state index in [1.165, 1.54) is 0 Å². The van der Waals surface area contributed by atoms with Crippen LogP contribution in [0.3, 0.4) is 0 Å². The van der Waals surface area contributed by atoms with E-state index in [4.69, 9.17) is 0 Å². The number of nitrogens with one attached hydrogen (secondary N) is 2. The van der Waals surface area contributed by atoms with Gasteiger partial charge in [-0.3, -0.25) is 20.4 Å². The molecule has 2 amide bonds. The second kappa shape index (κ2) is 4.79. The van der Waals surface area contributed by atoms with E-state index in [0.717, 1.165) is 0 Å². The van der Waals surface area contributed by atoms with E-state index in [2.05, 4.69) is 33.4 Å². The van der Waals surface area contributed by atoms with Crippen molar-refractivity contribution >= 4 is 27.7 Å². The molecule has 0 unspecified atom stereocenters. The first kappa shape index (κ1) is 11.5. The van der Waals surface area contributed by atoms with Gasteiger partial charge in [0.15, 0.2) is 0 Å². The fourth-order valence-electron chi connectivity index (χ4n) is 0.942. The van der Waals surface area contributed by atoms with Crippen molar-refractivity contribution in [3.63, 3.8) is 0 Å². The molecule has 0 atom stereocenters. The van der Waals surface area contributed by atoms with Crippen molar-refractivity contribution in [3.05, 3.63) is 35.1 Å². The molecule has 15 heavy (non-hydrogen) atoms. The van der Waals surface area contributed by atoms with Gasteiger partial charge in [0, 0.05) is 13.2 Å². The number of halogens is 1. The lowest BCUT2D eigenvalue weighted by atomic mass is 10.4. The van der Waals surface area contributed by atoms with Crippen LogP contribution < -0.4 is 10.9 Å². The van der Waals surface area contributed by atoms with Crippen LogP contribution in [0.4, 0.5) is 0 Å². The lowest BCUT2D eigenvalue weighted by Crippen LogP contribution is -2.42. The van der Waals surface area contributed by atoms with E-state index >= 15 is 0 Å². The number of hydrogen-bond acceptors (Lipinski definition) is 2. The van der Waals surface area contributed by atoms with Crippen LogP contribution >= 0.6 is 15.9 Å². The van der Waals surface area contributed by atoms with Gasteiger partial charge in [0.1, 0.15) is 5.69 Å². The Morgan fingerprint density at radius 3 is 2.60 bits per heavy atom. The summed E-state index contributed by atoms with van der Waals surface area (Å²) in [5.41, 5.74) is 4.91. The first-order chi connectivity index (χ1) is 7.02. The zero-order valence-electron chi connectivity index (χ0n) is 8.08. The molecule has 0 aliphatic heterocycles. The van der Waals surface area contributed by atoms with Crippen molar-refractivity contribution < 1.29 is 9.59 Å². The molecule has 0 radical (unpaired) electrons. The lowest BCUT2D eigenvalue weighted by Gasteiger charge is -2.06. The summed E-state index contributed by atoms with van der Waals surface area (Å²) < 4.78 is 1.79. The summed E-state index contributed by atoms with van der Waals surface area (Å²) in [6.45, 7) is 3.36. The van der Waals surface area contributed by atoms with Crippen LogP contribution in [-0.4, -0.2) is 16.4 Å². The minimum atomic E-state index is -0.488. The van der Waals surface area contributed by atoms with E-state index in [9.17, 15) is 9.59 Å². The number of rotatable bonds is 2. The van der Waals surface area contributed by atoms with E-state index in [1.807, 2.05) is 0 Å². The van der Waals surface area contributed by atoms with E-state index in [1.54, 1.807) is 29.9 Å². The quantitative estimate of drug-likeness (QED) is 0.614. The van der Waals surface area contributed by atoms with Crippen LogP contribution in [0.25, 0.3) is 0 Å². The summed E-state index contributed by atoms with van der Waals surface area (Å²) in [5, 5.41) is 0. The van der Waals surface area contributed by atoms with E-state index < -0.39 is 5.91 Å². The first-order valence-electron chi connectivity index (χ1n) is 4.09. The second-order valence-corrected chi connectivity index (χ2v) is 3.77. The molecule has 5 nitrogen and oxygen atoms in total. The standard InChI is InChI=1S/C9H10BrN3O2/c1-6(10)8(14)11-12-9(15)7-4-3-5-13(7)2/h3-5H,1H2,2H3,(H,11,14)(H,12,15). The highest BCUT2D eigenvalue weighted by Gasteiger charge is 2.09. The Bertz CT molecular complexity index is 411. The molecule has 0 saturated carbocycles. The van der Waals surface area contributed by atoms with Gasteiger partial charge >= 0.3 is 0 Å². The number of aryl methyl sites for hydroxylation is 1. The molecular formula is C9H10BrN3O2. The fourth-order valence-corrected chi connectivity index (χ4v) is 1.04. The smallest absolute Gasteiger partial charge is 0.286 e. The van der Waals surface area contributed by atoms with Crippen molar-refractivity contribution in [1.29, 1.82) is 0 Å². The summed E-state index contributed by atoms with van der Waals surface area (Å²) in [7, 11) is 1.74. The summed E-state index contributed by atoms with van der Waals surface area (Å²) in [6.07, 6.45) is 1.74. The molecule has 1 aromatic rings. The normalized spacial score (nSPS) is 9.47. The maximum atomic E-state index is 11.5. The Kier molecular flexibility index (Phi) is 3.68. The van der Waals surface area contributed by atoms with E-state index in [-0.39, 0.29) is 10.4 Å². The highest BCUT2D eigenvalue weighted by atomic mass is 79.9. The number of nitrogens with zero attached hydrogens (tertiary/aromatic N) is 1. The van der Waals surface area contributed by atoms with Gasteiger partial charge in [0.2, 0.25) is 0 Å². The van der Waals surface area contributed by atoms with Crippen LogP contribution in [0.5, 0.6) is 0 Å². The minimum absolute atomic E-state index is 0.148. The zero-order chi connectivity index (χ0) is 11.4. The van der Waals surface area contributed by atoms with Crippen LogP contribution in [0.2, 0.25) is 0 Å². The van der Waals surface area contributed by atoms with Gasteiger partial charge in [-0.15, -0.1) is 0 Å². The Morgan fingerprint density at radius 1 is 1.47 bits per heavy atom. The summed E-state index contributed by atoms with van der Waals surface area (Å²) in [4.78, 5) is 22.5. The SMILES string of the molecule is C=C(Br)C(=O)NNC(=O)c1cccn1C. The van der Waals surface area contributed by atoms with Gasteiger partial charge in [-0.2, -0.15) is 0 Å². The molecule has 1 aromatic heterocycles. The molecule has 0 saturated heterocycles.